The van der Waals surface area contributed by atoms with Crippen molar-refractivity contribution in [2.45, 2.75) is 0 Å². The summed E-state index contributed by atoms with van der Waals surface area (Å²) in [5.41, 5.74) is 12.4. The summed E-state index contributed by atoms with van der Waals surface area (Å²) in [6, 6.07) is 71.7. The molecular weight excluding hydrogens is 631 g/mol. The second-order valence-corrected chi connectivity index (χ2v) is 13.3. The average Bonchev–Trinajstić information content (AvgIpc) is 3.61. The zero-order valence-corrected chi connectivity index (χ0v) is 28.4. The number of hydrogen-bond acceptors (Lipinski definition) is 2. The molecule has 0 radical (unpaired) electrons. The summed E-state index contributed by atoms with van der Waals surface area (Å²) >= 11 is 0. The minimum absolute atomic E-state index is 0.923. The monoisotopic (exact) mass is 663 g/mol. The zero-order valence-electron chi connectivity index (χ0n) is 28.4. The molecule has 2 heteroatoms. The molecule has 2 nitrogen and oxygen atoms in total. The number of furan rings is 1. The van der Waals surface area contributed by atoms with Crippen molar-refractivity contribution >= 4 is 60.5 Å². The number of fused-ring (bicyclic) bond motifs is 6. The van der Waals surface area contributed by atoms with Gasteiger partial charge in [-0.3, -0.25) is 0 Å². The summed E-state index contributed by atoms with van der Waals surface area (Å²) in [6.45, 7) is 0. The first-order valence-corrected chi connectivity index (χ1v) is 17.8. The van der Waals surface area contributed by atoms with Crippen LogP contribution in [0.2, 0.25) is 0 Å². The highest BCUT2D eigenvalue weighted by molar-refractivity contribution is 6.19. The van der Waals surface area contributed by atoms with Gasteiger partial charge < -0.3 is 9.32 Å². The van der Waals surface area contributed by atoms with E-state index in [-0.39, 0.29) is 0 Å². The van der Waals surface area contributed by atoms with Crippen LogP contribution in [-0.2, 0) is 0 Å². The van der Waals surface area contributed by atoms with Crippen molar-refractivity contribution in [1.29, 1.82) is 0 Å². The van der Waals surface area contributed by atoms with Crippen LogP contribution in [-0.4, -0.2) is 0 Å². The molecule has 0 aliphatic rings. The zero-order chi connectivity index (χ0) is 34.4. The van der Waals surface area contributed by atoms with Gasteiger partial charge in [-0.25, -0.2) is 0 Å². The van der Waals surface area contributed by atoms with Crippen molar-refractivity contribution in [3.8, 4) is 33.4 Å². The molecule has 0 bridgehead atoms. The van der Waals surface area contributed by atoms with E-state index in [1.165, 1.54) is 60.3 Å². The van der Waals surface area contributed by atoms with Crippen LogP contribution in [0.15, 0.2) is 205 Å². The summed E-state index contributed by atoms with van der Waals surface area (Å²) in [4.78, 5) is 2.39. The Bertz CT molecular complexity index is 2870. The van der Waals surface area contributed by atoms with Crippen LogP contribution in [0, 0.1) is 0 Å². The maximum Gasteiger partial charge on any atom is 0.136 e. The molecular formula is C50H33NO. The summed E-state index contributed by atoms with van der Waals surface area (Å²) in [6.07, 6.45) is 0. The van der Waals surface area contributed by atoms with E-state index in [1.807, 2.05) is 12.1 Å². The van der Waals surface area contributed by atoms with Crippen molar-refractivity contribution in [2.24, 2.45) is 0 Å². The molecule has 0 aliphatic carbocycles. The van der Waals surface area contributed by atoms with E-state index in [9.17, 15) is 0 Å². The lowest BCUT2D eigenvalue weighted by molar-refractivity contribution is 0.669. The van der Waals surface area contributed by atoms with Crippen LogP contribution < -0.4 is 4.90 Å². The molecule has 0 saturated heterocycles. The number of benzene rings is 9. The molecule has 0 atom stereocenters. The number of hydrogen-bond donors (Lipinski definition) is 0. The van der Waals surface area contributed by atoms with Crippen LogP contribution in [0.5, 0.6) is 0 Å². The summed E-state index contributed by atoms with van der Waals surface area (Å²) in [5, 5.41) is 7.16. The lowest BCUT2D eigenvalue weighted by Gasteiger charge is -2.28. The number of nitrogens with zero attached hydrogens (tertiary/aromatic N) is 1. The maximum atomic E-state index is 6.16. The second kappa shape index (κ2) is 12.5. The van der Waals surface area contributed by atoms with E-state index in [4.69, 9.17) is 4.42 Å². The molecule has 0 unspecified atom stereocenters. The van der Waals surface area contributed by atoms with Gasteiger partial charge in [-0.2, -0.15) is 0 Å². The van der Waals surface area contributed by atoms with Gasteiger partial charge in [0.15, 0.2) is 0 Å². The van der Waals surface area contributed by atoms with E-state index >= 15 is 0 Å². The molecule has 9 aromatic carbocycles. The third-order valence-corrected chi connectivity index (χ3v) is 10.3. The highest BCUT2D eigenvalue weighted by Crippen LogP contribution is 2.43. The Kier molecular flexibility index (Phi) is 7.18. The Hall–Kier alpha value is -6.90. The molecule has 1 heterocycles. The Morgan fingerprint density at radius 1 is 0.327 bits per heavy atom. The largest absolute Gasteiger partial charge is 0.456 e. The first-order chi connectivity index (χ1) is 25.8. The molecule has 0 N–H and O–H groups in total. The second-order valence-electron chi connectivity index (χ2n) is 13.3. The topological polar surface area (TPSA) is 16.4 Å². The molecule has 10 rings (SSSR count). The fourth-order valence-corrected chi connectivity index (χ4v) is 7.74. The van der Waals surface area contributed by atoms with Crippen molar-refractivity contribution in [2.75, 3.05) is 4.90 Å². The first-order valence-electron chi connectivity index (χ1n) is 17.8. The van der Waals surface area contributed by atoms with Gasteiger partial charge >= 0.3 is 0 Å². The summed E-state index contributed by atoms with van der Waals surface area (Å²) in [5.74, 6) is 0. The summed E-state index contributed by atoms with van der Waals surface area (Å²) < 4.78 is 6.16. The quantitative estimate of drug-likeness (QED) is 0.176. The fraction of sp³-hybridized carbons (Fsp3) is 0. The van der Waals surface area contributed by atoms with Gasteiger partial charge in [-0.15, -0.1) is 0 Å². The molecule has 244 valence electrons. The number of para-hydroxylation sites is 1. The van der Waals surface area contributed by atoms with Gasteiger partial charge in [-0.1, -0.05) is 152 Å². The van der Waals surface area contributed by atoms with Gasteiger partial charge in [-0.05, 0) is 98.1 Å². The fourth-order valence-electron chi connectivity index (χ4n) is 7.74. The lowest BCUT2D eigenvalue weighted by atomic mass is 9.96. The normalized spacial score (nSPS) is 11.5. The third kappa shape index (κ3) is 5.12. The van der Waals surface area contributed by atoms with Gasteiger partial charge in [0, 0.05) is 27.5 Å². The van der Waals surface area contributed by atoms with Crippen molar-refractivity contribution in [3.05, 3.63) is 200 Å². The SMILES string of the molecule is c1ccc(-c2ccc(N(c3ccc(-c4ccc5c(ccc6oc7ccccc7c65)c4)cc3)c3ccc(-c4ccccc4)c4ccccc34)cc2)cc1. The highest BCUT2D eigenvalue weighted by atomic mass is 16.3. The molecule has 0 aliphatic heterocycles. The minimum atomic E-state index is 0.923. The molecule has 10 aromatic rings. The number of anilines is 3. The van der Waals surface area contributed by atoms with Gasteiger partial charge in [0.1, 0.15) is 11.2 Å². The standard InChI is InChI=1S/C50H33NO/c1-3-11-34(12-4-1)35-19-25-40(26-20-35)51(47-31-30-42(37-13-5-2-6-14-37)44-15-7-8-16-45(44)47)41-27-21-36(22-28-41)38-23-29-43-39(33-38)24-32-49-50(43)46-17-9-10-18-48(46)52-49/h1-33H. The lowest BCUT2D eigenvalue weighted by Crippen LogP contribution is -2.10. The Morgan fingerprint density at radius 3 is 1.60 bits per heavy atom. The average molecular weight is 664 g/mol. The molecule has 0 fully saturated rings. The van der Waals surface area contributed by atoms with Crippen LogP contribution in [0.3, 0.4) is 0 Å². The van der Waals surface area contributed by atoms with E-state index in [0.717, 1.165) is 33.6 Å². The Balaban J connectivity index is 1.08. The molecule has 0 saturated carbocycles. The van der Waals surface area contributed by atoms with Crippen LogP contribution >= 0.6 is 0 Å². The number of rotatable bonds is 6. The van der Waals surface area contributed by atoms with Crippen molar-refractivity contribution in [1.82, 2.24) is 0 Å². The van der Waals surface area contributed by atoms with Crippen molar-refractivity contribution in [3.63, 3.8) is 0 Å². The van der Waals surface area contributed by atoms with Gasteiger partial charge in [0.25, 0.3) is 0 Å². The first kappa shape index (κ1) is 30.0. The Morgan fingerprint density at radius 2 is 0.885 bits per heavy atom. The minimum Gasteiger partial charge on any atom is -0.456 e. The van der Waals surface area contributed by atoms with Crippen LogP contribution in [0.4, 0.5) is 17.1 Å². The van der Waals surface area contributed by atoms with E-state index in [1.54, 1.807) is 0 Å². The predicted molar refractivity (Wildman–Crippen MR) is 220 cm³/mol. The Labute approximate surface area is 302 Å². The van der Waals surface area contributed by atoms with Gasteiger partial charge in [0.05, 0.1) is 5.69 Å². The van der Waals surface area contributed by atoms with E-state index in [0.29, 0.717) is 0 Å². The third-order valence-electron chi connectivity index (χ3n) is 10.3. The predicted octanol–water partition coefficient (Wildman–Crippen LogP) is 14.4. The summed E-state index contributed by atoms with van der Waals surface area (Å²) in [7, 11) is 0. The van der Waals surface area contributed by atoms with E-state index in [2.05, 4.69) is 193 Å². The van der Waals surface area contributed by atoms with Crippen molar-refractivity contribution < 1.29 is 4.42 Å². The molecule has 0 amide bonds. The molecule has 52 heavy (non-hydrogen) atoms. The smallest absolute Gasteiger partial charge is 0.136 e. The van der Waals surface area contributed by atoms with Gasteiger partial charge in [0.2, 0.25) is 0 Å². The molecule has 1 aromatic heterocycles. The molecule has 0 spiro atoms. The maximum absolute atomic E-state index is 6.16. The highest BCUT2D eigenvalue weighted by Gasteiger charge is 2.18. The van der Waals surface area contributed by atoms with E-state index < -0.39 is 0 Å². The van der Waals surface area contributed by atoms with Crippen LogP contribution in [0.25, 0.3) is 76.9 Å². The van der Waals surface area contributed by atoms with Crippen LogP contribution in [0.1, 0.15) is 0 Å².